The Kier molecular flexibility index (Phi) is 4.28. The molecule has 1 aromatic carbocycles. The minimum atomic E-state index is -0.891. The Labute approximate surface area is 121 Å². The van der Waals surface area contributed by atoms with Crippen molar-refractivity contribution in [2.45, 2.75) is 20.8 Å². The molecule has 2 N–H and O–H groups in total. The van der Waals surface area contributed by atoms with Crippen molar-refractivity contribution < 1.29 is 9.00 Å². The zero-order valence-corrected chi connectivity index (χ0v) is 13.1. The molecular weight excluding hydrogens is 272 g/mol. The fourth-order valence-electron chi connectivity index (χ4n) is 2.42. The van der Waals surface area contributed by atoms with Crippen LogP contribution >= 0.6 is 0 Å². The van der Waals surface area contributed by atoms with Crippen molar-refractivity contribution in [1.29, 1.82) is 0 Å². The molecule has 108 valence electrons. The SMILES string of the molecule is Cc1ccc(C)c2c(C)c(C(=O)NCC[S@@](C)=O)[nH]c12. The first kappa shape index (κ1) is 14.8. The van der Waals surface area contributed by atoms with Crippen LogP contribution in [0.3, 0.4) is 0 Å². The summed E-state index contributed by atoms with van der Waals surface area (Å²) in [5.41, 5.74) is 4.87. The minimum absolute atomic E-state index is 0.136. The van der Waals surface area contributed by atoms with Gasteiger partial charge in [-0.2, -0.15) is 0 Å². The van der Waals surface area contributed by atoms with Gasteiger partial charge in [-0.15, -0.1) is 0 Å². The lowest BCUT2D eigenvalue weighted by atomic mass is 10.0. The van der Waals surface area contributed by atoms with Crippen LogP contribution in [0.2, 0.25) is 0 Å². The first-order valence-corrected chi connectivity index (χ1v) is 8.31. The van der Waals surface area contributed by atoms with E-state index in [0.717, 1.165) is 27.6 Å². The number of nitrogens with one attached hydrogen (secondary N) is 2. The predicted molar refractivity (Wildman–Crippen MR) is 83.8 cm³/mol. The van der Waals surface area contributed by atoms with E-state index >= 15 is 0 Å². The van der Waals surface area contributed by atoms with Gasteiger partial charge >= 0.3 is 0 Å². The maximum Gasteiger partial charge on any atom is 0.268 e. The van der Waals surface area contributed by atoms with Gasteiger partial charge in [0, 0.05) is 40.3 Å². The fourth-order valence-corrected chi connectivity index (χ4v) is 2.81. The molecule has 0 bridgehead atoms. The normalized spacial score (nSPS) is 12.6. The molecule has 20 heavy (non-hydrogen) atoms. The number of hydrogen-bond donors (Lipinski definition) is 2. The largest absolute Gasteiger partial charge is 0.350 e. The molecule has 0 spiro atoms. The van der Waals surface area contributed by atoms with Crippen molar-refractivity contribution >= 4 is 27.6 Å². The van der Waals surface area contributed by atoms with E-state index < -0.39 is 10.8 Å². The predicted octanol–water partition coefficient (Wildman–Crippen LogP) is 2.20. The van der Waals surface area contributed by atoms with E-state index in [9.17, 15) is 9.00 Å². The summed E-state index contributed by atoms with van der Waals surface area (Å²) in [7, 11) is -0.891. The first-order valence-electron chi connectivity index (χ1n) is 6.58. The first-order chi connectivity index (χ1) is 9.41. The summed E-state index contributed by atoms with van der Waals surface area (Å²) < 4.78 is 11.0. The molecule has 0 saturated carbocycles. The van der Waals surface area contributed by atoms with Crippen molar-refractivity contribution in [1.82, 2.24) is 10.3 Å². The van der Waals surface area contributed by atoms with Crippen molar-refractivity contribution in [2.24, 2.45) is 0 Å². The molecule has 5 heteroatoms. The molecule has 1 amide bonds. The highest BCUT2D eigenvalue weighted by Crippen LogP contribution is 2.27. The summed E-state index contributed by atoms with van der Waals surface area (Å²) in [4.78, 5) is 15.4. The highest BCUT2D eigenvalue weighted by atomic mass is 32.2. The molecule has 2 rings (SSSR count). The van der Waals surface area contributed by atoms with Crippen LogP contribution in [0.1, 0.15) is 27.2 Å². The maximum atomic E-state index is 12.2. The van der Waals surface area contributed by atoms with Crippen LogP contribution < -0.4 is 5.32 Å². The lowest BCUT2D eigenvalue weighted by Crippen LogP contribution is -2.28. The van der Waals surface area contributed by atoms with Crippen LogP contribution in [-0.4, -0.2) is 33.7 Å². The van der Waals surface area contributed by atoms with E-state index in [1.165, 1.54) is 0 Å². The number of fused-ring (bicyclic) bond motifs is 1. The molecular formula is C15H20N2O2S. The van der Waals surface area contributed by atoms with Crippen LogP contribution in [0.5, 0.6) is 0 Å². The van der Waals surface area contributed by atoms with Gasteiger partial charge in [0.15, 0.2) is 0 Å². The van der Waals surface area contributed by atoms with Crippen molar-refractivity contribution in [3.8, 4) is 0 Å². The van der Waals surface area contributed by atoms with Gasteiger partial charge in [0.2, 0.25) is 0 Å². The number of amides is 1. The zero-order chi connectivity index (χ0) is 14.9. The monoisotopic (exact) mass is 292 g/mol. The van der Waals surface area contributed by atoms with Crippen molar-refractivity contribution in [3.05, 3.63) is 34.5 Å². The molecule has 0 aliphatic rings. The van der Waals surface area contributed by atoms with E-state index in [2.05, 4.69) is 22.4 Å². The van der Waals surface area contributed by atoms with E-state index in [0.29, 0.717) is 18.0 Å². The quantitative estimate of drug-likeness (QED) is 0.907. The number of aryl methyl sites for hydroxylation is 3. The standard InChI is InChI=1S/C15H20N2O2S/c1-9-5-6-10(2)13-12(9)11(3)14(17-13)15(18)16-7-8-20(4)19/h5-6,17H,7-8H2,1-4H3,(H,16,18)/t20-/m1/s1. The van der Waals surface area contributed by atoms with Crippen LogP contribution in [0, 0.1) is 20.8 Å². The molecule has 1 aromatic heterocycles. The lowest BCUT2D eigenvalue weighted by Gasteiger charge is -2.03. The Balaban J connectivity index is 2.33. The summed E-state index contributed by atoms with van der Waals surface area (Å²) >= 11 is 0. The highest BCUT2D eigenvalue weighted by Gasteiger charge is 2.16. The number of carbonyl (C=O) groups is 1. The Hall–Kier alpha value is -1.62. The average Bonchev–Trinajstić information content (AvgIpc) is 2.73. The summed E-state index contributed by atoms with van der Waals surface area (Å²) in [5, 5.41) is 3.93. The van der Waals surface area contributed by atoms with E-state index in [1.807, 2.05) is 20.8 Å². The molecule has 0 aliphatic heterocycles. The number of aromatic nitrogens is 1. The second kappa shape index (κ2) is 5.79. The molecule has 0 aliphatic carbocycles. The smallest absolute Gasteiger partial charge is 0.268 e. The number of benzene rings is 1. The molecule has 0 fully saturated rings. The molecule has 1 atom stereocenters. The Bertz CT molecular complexity index is 689. The summed E-state index contributed by atoms with van der Waals surface area (Å²) in [6, 6.07) is 4.12. The maximum absolute atomic E-state index is 12.2. The second-order valence-corrected chi connectivity index (χ2v) is 6.66. The van der Waals surface area contributed by atoms with Crippen molar-refractivity contribution in [3.63, 3.8) is 0 Å². The van der Waals surface area contributed by atoms with E-state index in [-0.39, 0.29) is 5.91 Å². The van der Waals surface area contributed by atoms with Crippen LogP contribution in [0.15, 0.2) is 12.1 Å². The van der Waals surface area contributed by atoms with Gasteiger partial charge in [-0.25, -0.2) is 0 Å². The van der Waals surface area contributed by atoms with Crippen molar-refractivity contribution in [2.75, 3.05) is 18.6 Å². The number of rotatable bonds is 4. The molecule has 4 nitrogen and oxygen atoms in total. The summed E-state index contributed by atoms with van der Waals surface area (Å²) in [6.45, 7) is 6.46. The molecule has 0 saturated heterocycles. The number of carbonyl (C=O) groups excluding carboxylic acids is 1. The number of H-pyrrole nitrogens is 1. The van der Waals surface area contributed by atoms with Crippen LogP contribution in [0.4, 0.5) is 0 Å². The van der Waals surface area contributed by atoms with Gasteiger partial charge in [-0.05, 0) is 37.5 Å². The van der Waals surface area contributed by atoms with E-state index in [1.54, 1.807) is 6.26 Å². The zero-order valence-electron chi connectivity index (χ0n) is 12.3. The molecule has 1 heterocycles. The fraction of sp³-hybridized carbons (Fsp3) is 0.400. The Morgan fingerprint density at radius 3 is 2.50 bits per heavy atom. The minimum Gasteiger partial charge on any atom is -0.350 e. The second-order valence-electron chi connectivity index (χ2n) is 5.11. The average molecular weight is 292 g/mol. The van der Waals surface area contributed by atoms with Gasteiger partial charge < -0.3 is 10.3 Å². The number of hydrogen-bond acceptors (Lipinski definition) is 2. The third-order valence-electron chi connectivity index (χ3n) is 3.52. The van der Waals surface area contributed by atoms with Crippen LogP contribution in [0.25, 0.3) is 10.9 Å². The third-order valence-corrected chi connectivity index (χ3v) is 4.30. The summed E-state index contributed by atoms with van der Waals surface area (Å²) in [6.07, 6.45) is 1.63. The van der Waals surface area contributed by atoms with Gasteiger partial charge in [-0.3, -0.25) is 9.00 Å². The highest BCUT2D eigenvalue weighted by molar-refractivity contribution is 7.84. The molecule has 2 aromatic rings. The van der Waals surface area contributed by atoms with E-state index in [4.69, 9.17) is 0 Å². The lowest BCUT2D eigenvalue weighted by molar-refractivity contribution is 0.0951. The van der Waals surface area contributed by atoms with Gasteiger partial charge in [0.25, 0.3) is 5.91 Å². The van der Waals surface area contributed by atoms with Gasteiger partial charge in [0.1, 0.15) is 5.69 Å². The molecule has 0 unspecified atom stereocenters. The Morgan fingerprint density at radius 1 is 1.25 bits per heavy atom. The number of aromatic amines is 1. The topological polar surface area (TPSA) is 62.0 Å². The van der Waals surface area contributed by atoms with Crippen LogP contribution in [-0.2, 0) is 10.8 Å². The summed E-state index contributed by atoms with van der Waals surface area (Å²) in [5.74, 6) is 0.339. The third kappa shape index (κ3) is 2.77. The Morgan fingerprint density at radius 2 is 1.90 bits per heavy atom. The molecule has 0 radical (unpaired) electrons. The van der Waals surface area contributed by atoms with Gasteiger partial charge in [0.05, 0.1) is 0 Å². The van der Waals surface area contributed by atoms with Gasteiger partial charge in [-0.1, -0.05) is 12.1 Å².